The van der Waals surface area contributed by atoms with Gasteiger partial charge in [0.15, 0.2) is 0 Å². The number of hydrogen-bond acceptors (Lipinski definition) is 2. The van der Waals surface area contributed by atoms with Gasteiger partial charge >= 0.3 is 0 Å². The molecule has 0 aliphatic heterocycles. The van der Waals surface area contributed by atoms with E-state index >= 15 is 0 Å². The van der Waals surface area contributed by atoms with Crippen LogP contribution in [0.1, 0.15) is 31.7 Å². The zero-order valence-corrected chi connectivity index (χ0v) is 9.07. The van der Waals surface area contributed by atoms with Crippen LogP contribution in [0, 0.1) is 0 Å². The average Bonchev–Trinajstić information content (AvgIpc) is 2.29. The summed E-state index contributed by atoms with van der Waals surface area (Å²) in [5, 5.41) is 10.7. The van der Waals surface area contributed by atoms with Crippen molar-refractivity contribution in [3.8, 4) is 5.75 Å². The Morgan fingerprint density at radius 1 is 1.33 bits per heavy atom. The minimum absolute atomic E-state index is 0.262. The lowest BCUT2D eigenvalue weighted by atomic mass is 9.94. The van der Waals surface area contributed by atoms with Crippen molar-refractivity contribution in [3.63, 3.8) is 0 Å². The van der Waals surface area contributed by atoms with Crippen molar-refractivity contribution in [2.45, 2.75) is 26.2 Å². The smallest absolute Gasteiger partial charge is 0.141 e. The maximum atomic E-state index is 9.69. The second kappa shape index (κ2) is 3.89. The molecule has 1 N–H and O–H groups in total. The van der Waals surface area contributed by atoms with E-state index in [0.717, 1.165) is 11.8 Å². The Hall–Kier alpha value is -1.57. The van der Waals surface area contributed by atoms with Crippen molar-refractivity contribution in [2.75, 3.05) is 0 Å². The van der Waals surface area contributed by atoms with Crippen molar-refractivity contribution < 1.29 is 5.11 Å². The highest BCUT2D eigenvalue weighted by Crippen LogP contribution is 2.31. The highest BCUT2D eigenvalue weighted by atomic mass is 16.3. The molecule has 1 unspecified atom stereocenters. The molecule has 0 saturated carbocycles. The van der Waals surface area contributed by atoms with Gasteiger partial charge in [0, 0.05) is 11.6 Å². The molecule has 0 amide bonds. The highest BCUT2D eigenvalue weighted by Gasteiger charge is 2.10. The molecule has 2 heteroatoms. The van der Waals surface area contributed by atoms with Gasteiger partial charge in [0.05, 0.1) is 0 Å². The monoisotopic (exact) mass is 201 g/mol. The molecule has 1 aromatic carbocycles. The predicted octanol–water partition coefficient (Wildman–Crippen LogP) is 3.45. The Labute approximate surface area is 89.6 Å². The third-order valence-electron chi connectivity index (χ3n) is 2.93. The zero-order chi connectivity index (χ0) is 10.8. The maximum absolute atomic E-state index is 9.69. The summed E-state index contributed by atoms with van der Waals surface area (Å²) in [4.78, 5) is 4.21. The first-order valence-corrected chi connectivity index (χ1v) is 5.30. The Balaban J connectivity index is 2.71. The van der Waals surface area contributed by atoms with Gasteiger partial charge in [0.1, 0.15) is 11.3 Å². The fraction of sp³-hybridized carbons (Fsp3) is 0.308. The Bertz CT molecular complexity index is 479. The van der Waals surface area contributed by atoms with Crippen LogP contribution in [0.15, 0.2) is 30.5 Å². The number of pyridine rings is 1. The van der Waals surface area contributed by atoms with E-state index in [2.05, 4.69) is 18.8 Å². The summed E-state index contributed by atoms with van der Waals surface area (Å²) >= 11 is 0. The summed E-state index contributed by atoms with van der Waals surface area (Å²) in [7, 11) is 0. The van der Waals surface area contributed by atoms with E-state index in [1.165, 1.54) is 5.56 Å². The summed E-state index contributed by atoms with van der Waals surface area (Å²) in [5.74, 6) is 0.759. The molecule has 1 atom stereocenters. The van der Waals surface area contributed by atoms with Gasteiger partial charge in [-0.2, -0.15) is 0 Å². The van der Waals surface area contributed by atoms with Gasteiger partial charge in [-0.3, -0.25) is 4.98 Å². The number of nitrogens with zero attached hydrogens (tertiary/aromatic N) is 1. The number of phenols is 1. The number of phenolic OH excluding ortho intramolecular Hbond substituents is 1. The van der Waals surface area contributed by atoms with E-state index < -0.39 is 0 Å². The highest BCUT2D eigenvalue weighted by molar-refractivity contribution is 5.87. The lowest BCUT2D eigenvalue weighted by Crippen LogP contribution is -1.93. The first-order valence-electron chi connectivity index (χ1n) is 5.30. The summed E-state index contributed by atoms with van der Waals surface area (Å²) in [6.07, 6.45) is 2.80. The first-order chi connectivity index (χ1) is 7.24. The van der Waals surface area contributed by atoms with Gasteiger partial charge in [0.25, 0.3) is 0 Å². The second-order valence-electron chi connectivity index (χ2n) is 3.88. The van der Waals surface area contributed by atoms with Crippen molar-refractivity contribution in [1.29, 1.82) is 0 Å². The van der Waals surface area contributed by atoms with E-state index in [9.17, 15) is 5.11 Å². The predicted molar refractivity (Wildman–Crippen MR) is 62.1 cm³/mol. The molecule has 0 aliphatic carbocycles. The van der Waals surface area contributed by atoms with Crippen LogP contribution in [0.3, 0.4) is 0 Å². The summed E-state index contributed by atoms with van der Waals surface area (Å²) in [5.41, 5.74) is 1.97. The molecule has 0 bridgehead atoms. The Kier molecular flexibility index (Phi) is 2.58. The van der Waals surface area contributed by atoms with E-state index in [1.807, 2.05) is 18.2 Å². The number of fused-ring (bicyclic) bond motifs is 1. The Morgan fingerprint density at radius 2 is 2.13 bits per heavy atom. The maximum Gasteiger partial charge on any atom is 0.141 e. The standard InChI is InChI=1S/C13H15NO/c1-3-9(2)10-6-7-12(15)13-11(10)5-4-8-14-13/h4-9,15H,3H2,1-2H3. The SMILES string of the molecule is CCC(C)c1ccc(O)c2ncccc12. The van der Waals surface area contributed by atoms with Crippen LogP contribution in [0.25, 0.3) is 10.9 Å². The first kappa shape index (κ1) is 9.97. The van der Waals surface area contributed by atoms with Crippen LogP contribution in [-0.4, -0.2) is 10.1 Å². The molecular formula is C13H15NO. The lowest BCUT2D eigenvalue weighted by molar-refractivity contribution is 0.480. The molecule has 15 heavy (non-hydrogen) atoms. The molecule has 78 valence electrons. The van der Waals surface area contributed by atoms with Crippen LogP contribution in [0.4, 0.5) is 0 Å². The quantitative estimate of drug-likeness (QED) is 0.807. The van der Waals surface area contributed by atoms with Crippen LogP contribution < -0.4 is 0 Å². The number of benzene rings is 1. The molecule has 0 fully saturated rings. The van der Waals surface area contributed by atoms with Crippen molar-refractivity contribution in [2.24, 2.45) is 0 Å². The van der Waals surface area contributed by atoms with Crippen molar-refractivity contribution in [1.82, 2.24) is 4.98 Å². The third kappa shape index (κ3) is 1.67. The van der Waals surface area contributed by atoms with E-state index in [1.54, 1.807) is 12.3 Å². The van der Waals surface area contributed by atoms with Gasteiger partial charge in [0.2, 0.25) is 0 Å². The lowest BCUT2D eigenvalue weighted by Gasteiger charge is -2.12. The molecular weight excluding hydrogens is 186 g/mol. The van der Waals surface area contributed by atoms with Crippen molar-refractivity contribution in [3.05, 3.63) is 36.0 Å². The number of aromatic nitrogens is 1. The van der Waals surface area contributed by atoms with E-state index in [-0.39, 0.29) is 5.75 Å². The van der Waals surface area contributed by atoms with Crippen LogP contribution in [0.5, 0.6) is 5.75 Å². The second-order valence-corrected chi connectivity index (χ2v) is 3.88. The molecule has 0 spiro atoms. The van der Waals surface area contributed by atoms with Gasteiger partial charge in [-0.1, -0.05) is 26.0 Å². The molecule has 2 aromatic rings. The van der Waals surface area contributed by atoms with E-state index in [0.29, 0.717) is 11.4 Å². The molecule has 2 rings (SSSR count). The normalized spacial score (nSPS) is 12.9. The average molecular weight is 201 g/mol. The van der Waals surface area contributed by atoms with Crippen LogP contribution in [-0.2, 0) is 0 Å². The molecule has 0 radical (unpaired) electrons. The number of rotatable bonds is 2. The van der Waals surface area contributed by atoms with Crippen molar-refractivity contribution >= 4 is 10.9 Å². The molecule has 0 aliphatic rings. The largest absolute Gasteiger partial charge is 0.506 e. The minimum atomic E-state index is 0.262. The fourth-order valence-corrected chi connectivity index (χ4v) is 1.83. The molecule has 1 heterocycles. The van der Waals surface area contributed by atoms with Gasteiger partial charge < -0.3 is 5.11 Å². The fourth-order valence-electron chi connectivity index (χ4n) is 1.83. The number of aromatic hydroxyl groups is 1. The number of hydrogen-bond donors (Lipinski definition) is 1. The van der Waals surface area contributed by atoms with Gasteiger partial charge in [-0.25, -0.2) is 0 Å². The molecule has 1 aromatic heterocycles. The Morgan fingerprint density at radius 3 is 2.87 bits per heavy atom. The van der Waals surface area contributed by atoms with Gasteiger partial charge in [-0.15, -0.1) is 0 Å². The summed E-state index contributed by atoms with van der Waals surface area (Å²) in [6.45, 7) is 4.36. The molecule has 0 saturated heterocycles. The zero-order valence-electron chi connectivity index (χ0n) is 9.07. The minimum Gasteiger partial charge on any atom is -0.506 e. The summed E-state index contributed by atoms with van der Waals surface area (Å²) in [6, 6.07) is 7.65. The topological polar surface area (TPSA) is 33.1 Å². The van der Waals surface area contributed by atoms with Gasteiger partial charge in [-0.05, 0) is 30.0 Å². The van der Waals surface area contributed by atoms with Crippen LogP contribution in [0.2, 0.25) is 0 Å². The van der Waals surface area contributed by atoms with E-state index in [4.69, 9.17) is 0 Å². The third-order valence-corrected chi connectivity index (χ3v) is 2.93. The van der Waals surface area contributed by atoms with Crippen LogP contribution >= 0.6 is 0 Å². The molecule has 2 nitrogen and oxygen atoms in total. The summed E-state index contributed by atoms with van der Waals surface area (Å²) < 4.78 is 0.